The number of benzene rings is 7. The van der Waals surface area contributed by atoms with Gasteiger partial charge in [0.25, 0.3) is 0 Å². The van der Waals surface area contributed by atoms with E-state index in [0.717, 1.165) is 27.9 Å². The lowest BCUT2D eigenvalue weighted by atomic mass is 9.92. The second-order valence-corrected chi connectivity index (χ2v) is 10.3. The van der Waals surface area contributed by atoms with Crippen LogP contribution in [0, 0.1) is 0 Å². The third-order valence-electron chi connectivity index (χ3n) is 7.83. The lowest BCUT2D eigenvalue weighted by molar-refractivity contribution is 0.669. The molecule has 0 radical (unpaired) electrons. The maximum absolute atomic E-state index is 6.34. The molecule has 2 nitrogen and oxygen atoms in total. The highest BCUT2D eigenvalue weighted by molar-refractivity contribution is 6.19. The Morgan fingerprint density at radius 3 is 2.02 bits per heavy atom. The van der Waals surface area contributed by atoms with E-state index in [2.05, 4.69) is 151 Å². The van der Waals surface area contributed by atoms with Gasteiger partial charge in [-0.05, 0) is 74.8 Å². The molecule has 0 aliphatic carbocycles. The van der Waals surface area contributed by atoms with Crippen LogP contribution in [-0.2, 0) is 0 Å². The highest BCUT2D eigenvalue weighted by atomic mass is 16.3. The van der Waals surface area contributed by atoms with Gasteiger partial charge in [-0.3, -0.25) is 0 Å². The summed E-state index contributed by atoms with van der Waals surface area (Å²) in [5, 5.41) is 10.9. The molecule has 188 valence electrons. The van der Waals surface area contributed by atoms with Crippen LogP contribution < -0.4 is 5.32 Å². The lowest BCUT2D eigenvalue weighted by Crippen LogP contribution is -1.93. The van der Waals surface area contributed by atoms with Gasteiger partial charge in [0.1, 0.15) is 11.2 Å². The first kappa shape index (κ1) is 22.6. The van der Waals surface area contributed by atoms with Crippen molar-refractivity contribution in [3.8, 4) is 22.3 Å². The Labute approximate surface area is 232 Å². The first-order valence-corrected chi connectivity index (χ1v) is 13.6. The molecule has 0 aliphatic rings. The maximum Gasteiger partial charge on any atom is 0.137 e. The van der Waals surface area contributed by atoms with Crippen LogP contribution in [0.4, 0.5) is 11.4 Å². The van der Waals surface area contributed by atoms with Crippen molar-refractivity contribution in [2.75, 3.05) is 5.32 Å². The molecule has 1 heterocycles. The number of rotatable bonds is 4. The zero-order chi connectivity index (χ0) is 26.5. The fourth-order valence-electron chi connectivity index (χ4n) is 5.93. The van der Waals surface area contributed by atoms with E-state index in [0.29, 0.717) is 0 Å². The van der Waals surface area contributed by atoms with E-state index in [1.807, 2.05) is 0 Å². The molecule has 8 rings (SSSR count). The molecule has 1 N–H and O–H groups in total. The zero-order valence-electron chi connectivity index (χ0n) is 21.8. The minimum absolute atomic E-state index is 0.881. The molecule has 0 bridgehead atoms. The van der Waals surface area contributed by atoms with Gasteiger partial charge < -0.3 is 9.73 Å². The molecule has 7 aromatic carbocycles. The summed E-state index contributed by atoms with van der Waals surface area (Å²) in [7, 11) is 0. The Morgan fingerprint density at radius 1 is 0.425 bits per heavy atom. The van der Waals surface area contributed by atoms with Gasteiger partial charge in [0.15, 0.2) is 0 Å². The molecule has 1 aromatic heterocycles. The average Bonchev–Trinajstić information content (AvgIpc) is 3.40. The van der Waals surface area contributed by atoms with Crippen molar-refractivity contribution < 1.29 is 4.42 Å². The largest absolute Gasteiger partial charge is 0.456 e. The molecule has 0 saturated carbocycles. The Morgan fingerprint density at radius 2 is 1.18 bits per heavy atom. The van der Waals surface area contributed by atoms with Gasteiger partial charge in [-0.15, -0.1) is 0 Å². The summed E-state index contributed by atoms with van der Waals surface area (Å²) in [6, 6.07) is 51.5. The topological polar surface area (TPSA) is 25.2 Å². The van der Waals surface area contributed by atoms with Crippen LogP contribution in [0.25, 0.3) is 65.7 Å². The minimum atomic E-state index is 0.881. The number of hydrogen-bond acceptors (Lipinski definition) is 2. The predicted molar refractivity (Wildman–Crippen MR) is 169 cm³/mol. The number of hydrogen-bond donors (Lipinski definition) is 1. The molecule has 0 fully saturated rings. The predicted octanol–water partition coefficient (Wildman–Crippen LogP) is 11.0. The fourth-order valence-corrected chi connectivity index (χ4v) is 5.93. The second kappa shape index (κ2) is 9.14. The van der Waals surface area contributed by atoms with Crippen molar-refractivity contribution in [2.24, 2.45) is 0 Å². The molecule has 0 atom stereocenters. The molecule has 0 aliphatic heterocycles. The smallest absolute Gasteiger partial charge is 0.137 e. The first-order chi connectivity index (χ1) is 19.8. The van der Waals surface area contributed by atoms with Crippen LogP contribution in [0.3, 0.4) is 0 Å². The van der Waals surface area contributed by atoms with E-state index in [1.165, 1.54) is 49.2 Å². The van der Waals surface area contributed by atoms with Crippen molar-refractivity contribution >= 4 is 54.9 Å². The van der Waals surface area contributed by atoms with Crippen LogP contribution in [-0.4, -0.2) is 0 Å². The van der Waals surface area contributed by atoms with Crippen molar-refractivity contribution in [3.63, 3.8) is 0 Å². The van der Waals surface area contributed by atoms with Crippen molar-refractivity contribution in [1.82, 2.24) is 0 Å². The Kier molecular flexibility index (Phi) is 5.17. The molecule has 8 aromatic rings. The van der Waals surface area contributed by atoms with Crippen LogP contribution in [0.1, 0.15) is 0 Å². The first-order valence-electron chi connectivity index (χ1n) is 13.6. The van der Waals surface area contributed by atoms with Gasteiger partial charge in [-0.1, -0.05) is 103 Å². The van der Waals surface area contributed by atoms with Gasteiger partial charge in [0, 0.05) is 33.6 Å². The normalized spacial score (nSPS) is 11.5. The van der Waals surface area contributed by atoms with Crippen molar-refractivity contribution in [3.05, 3.63) is 146 Å². The van der Waals surface area contributed by atoms with Crippen LogP contribution in [0.15, 0.2) is 150 Å². The molecule has 0 unspecified atom stereocenters. The molecule has 0 spiro atoms. The van der Waals surface area contributed by atoms with E-state index in [1.54, 1.807) is 0 Å². The van der Waals surface area contributed by atoms with Gasteiger partial charge in [-0.25, -0.2) is 0 Å². The summed E-state index contributed by atoms with van der Waals surface area (Å²) in [5.74, 6) is 0. The molecular weight excluding hydrogens is 486 g/mol. The summed E-state index contributed by atoms with van der Waals surface area (Å²) in [5.41, 5.74) is 8.68. The van der Waals surface area contributed by atoms with E-state index in [9.17, 15) is 0 Å². The van der Waals surface area contributed by atoms with Crippen molar-refractivity contribution in [1.29, 1.82) is 0 Å². The SMILES string of the molecule is c1ccc(-c2cc(-c3ccccc3)c3cccc(Nc4ccc5c(c4)oc4ccc6ccccc6c45)c3c2)cc1. The monoisotopic (exact) mass is 511 g/mol. The maximum atomic E-state index is 6.34. The van der Waals surface area contributed by atoms with Crippen LogP contribution in [0.2, 0.25) is 0 Å². The highest BCUT2D eigenvalue weighted by Gasteiger charge is 2.14. The molecule has 40 heavy (non-hydrogen) atoms. The van der Waals surface area contributed by atoms with Gasteiger partial charge in [0.2, 0.25) is 0 Å². The highest BCUT2D eigenvalue weighted by Crippen LogP contribution is 2.40. The minimum Gasteiger partial charge on any atom is -0.456 e. The summed E-state index contributed by atoms with van der Waals surface area (Å²) in [6.45, 7) is 0. The second-order valence-electron chi connectivity index (χ2n) is 10.3. The van der Waals surface area contributed by atoms with E-state index >= 15 is 0 Å². The van der Waals surface area contributed by atoms with E-state index in [-0.39, 0.29) is 0 Å². The third kappa shape index (κ3) is 3.73. The van der Waals surface area contributed by atoms with E-state index in [4.69, 9.17) is 4.42 Å². The summed E-state index contributed by atoms with van der Waals surface area (Å²) >= 11 is 0. The standard InChI is InChI=1S/C38H25NO/c1-3-10-25(11-4-1)28-22-33(26-12-5-2-6-13-26)31-16-9-17-35(34(31)23-28)39-29-19-20-32-37(24-29)40-36-21-18-27-14-7-8-15-30(27)38(32)36/h1-24,39H. The summed E-state index contributed by atoms with van der Waals surface area (Å²) < 4.78 is 6.34. The third-order valence-corrected chi connectivity index (χ3v) is 7.83. The van der Waals surface area contributed by atoms with Gasteiger partial charge in [-0.2, -0.15) is 0 Å². The molecule has 2 heteroatoms. The van der Waals surface area contributed by atoms with Crippen molar-refractivity contribution in [2.45, 2.75) is 0 Å². The summed E-state index contributed by atoms with van der Waals surface area (Å²) in [4.78, 5) is 0. The van der Waals surface area contributed by atoms with E-state index < -0.39 is 0 Å². The average molecular weight is 512 g/mol. The van der Waals surface area contributed by atoms with Gasteiger partial charge in [0.05, 0.1) is 0 Å². The van der Waals surface area contributed by atoms with Gasteiger partial charge >= 0.3 is 0 Å². The lowest BCUT2D eigenvalue weighted by Gasteiger charge is -2.15. The molecule has 0 saturated heterocycles. The van der Waals surface area contributed by atoms with Crippen LogP contribution >= 0.6 is 0 Å². The number of furan rings is 1. The summed E-state index contributed by atoms with van der Waals surface area (Å²) in [6.07, 6.45) is 0. The Hall–Kier alpha value is -5.34. The zero-order valence-corrected chi connectivity index (χ0v) is 21.8. The van der Waals surface area contributed by atoms with Crippen LogP contribution in [0.5, 0.6) is 0 Å². The number of fused-ring (bicyclic) bond motifs is 6. The Balaban J connectivity index is 1.29. The number of anilines is 2. The number of nitrogens with one attached hydrogen (secondary N) is 1. The molecule has 0 amide bonds. The fraction of sp³-hybridized carbons (Fsp3) is 0. The quantitative estimate of drug-likeness (QED) is 0.254. The Bertz CT molecular complexity index is 2180. The molecular formula is C38H25NO.